The molecule has 0 aliphatic carbocycles. The minimum absolute atomic E-state index is 0.0620. The summed E-state index contributed by atoms with van der Waals surface area (Å²) in [7, 11) is 0. The average Bonchev–Trinajstić information content (AvgIpc) is 2.54. The third-order valence-corrected chi connectivity index (χ3v) is 3.20. The molecule has 3 N–H and O–H groups in total. The Bertz CT molecular complexity index is 477. The zero-order valence-corrected chi connectivity index (χ0v) is 13.8. The van der Waals surface area contributed by atoms with E-state index in [4.69, 9.17) is 15.2 Å². The third-order valence-electron chi connectivity index (χ3n) is 3.20. The molecule has 0 spiro atoms. The van der Waals surface area contributed by atoms with Crippen LogP contribution in [0.1, 0.15) is 25.8 Å². The molecule has 1 aromatic carbocycles. The highest BCUT2D eigenvalue weighted by Gasteiger charge is 2.19. The van der Waals surface area contributed by atoms with Gasteiger partial charge in [-0.1, -0.05) is 44.2 Å². The van der Waals surface area contributed by atoms with E-state index in [9.17, 15) is 9.59 Å². The first kappa shape index (κ1) is 19.1. The first-order valence-electron chi connectivity index (χ1n) is 7.82. The Balaban J connectivity index is 2.27. The van der Waals surface area contributed by atoms with Gasteiger partial charge < -0.3 is 15.2 Å². The van der Waals surface area contributed by atoms with Crippen molar-refractivity contribution in [2.24, 2.45) is 11.7 Å². The topological polar surface area (TPSA) is 90.6 Å². The van der Waals surface area contributed by atoms with Crippen LogP contribution in [-0.2, 0) is 25.7 Å². The minimum Gasteiger partial charge on any atom is -0.464 e. The lowest BCUT2D eigenvalue weighted by Gasteiger charge is -2.16. The molecule has 0 heterocycles. The molecule has 1 rings (SSSR count). The van der Waals surface area contributed by atoms with Gasteiger partial charge in [-0.15, -0.1) is 0 Å². The summed E-state index contributed by atoms with van der Waals surface area (Å²) in [5.74, 6) is -0.425. The minimum atomic E-state index is -0.702. The zero-order chi connectivity index (χ0) is 17.1. The number of nitrogens with one attached hydrogen (secondary N) is 1. The molecule has 0 aromatic heterocycles. The second-order valence-electron chi connectivity index (χ2n) is 5.67. The fraction of sp³-hybridized carbons (Fsp3) is 0.529. The van der Waals surface area contributed by atoms with Crippen LogP contribution in [0.25, 0.3) is 0 Å². The second-order valence-corrected chi connectivity index (χ2v) is 5.67. The van der Waals surface area contributed by atoms with E-state index in [1.54, 1.807) is 0 Å². The quantitative estimate of drug-likeness (QED) is 0.630. The molecule has 0 amide bonds. The second kappa shape index (κ2) is 10.7. The standard InChI is InChI=1S/C17H26N2O4/c1-13(2)8-9-22-17(21)15(10-18)19-11-16(20)23-12-14-6-4-3-5-7-14/h3-7,13,15,19H,8-12,18H2,1-2H3/t15-/m1/s1. The van der Waals surface area contributed by atoms with Gasteiger partial charge in [0, 0.05) is 6.54 Å². The fourth-order valence-corrected chi connectivity index (χ4v) is 1.75. The summed E-state index contributed by atoms with van der Waals surface area (Å²) in [6.07, 6.45) is 0.794. The lowest BCUT2D eigenvalue weighted by Crippen LogP contribution is -2.46. The number of ether oxygens (including phenoxy) is 2. The van der Waals surface area contributed by atoms with Crippen LogP contribution in [0.2, 0.25) is 0 Å². The van der Waals surface area contributed by atoms with Crippen LogP contribution in [-0.4, -0.2) is 37.7 Å². The van der Waals surface area contributed by atoms with Gasteiger partial charge in [-0.05, 0) is 17.9 Å². The number of carbonyl (C=O) groups excluding carboxylic acids is 2. The predicted molar refractivity (Wildman–Crippen MR) is 87.5 cm³/mol. The molecule has 6 nitrogen and oxygen atoms in total. The van der Waals surface area contributed by atoms with Crippen LogP contribution >= 0.6 is 0 Å². The van der Waals surface area contributed by atoms with E-state index >= 15 is 0 Å². The van der Waals surface area contributed by atoms with Crippen molar-refractivity contribution in [3.8, 4) is 0 Å². The Labute approximate surface area is 137 Å². The maximum Gasteiger partial charge on any atom is 0.324 e. The monoisotopic (exact) mass is 322 g/mol. The number of rotatable bonds is 10. The SMILES string of the molecule is CC(C)CCOC(=O)[C@@H](CN)NCC(=O)OCc1ccccc1. The van der Waals surface area contributed by atoms with Crippen molar-refractivity contribution in [1.29, 1.82) is 0 Å². The molecule has 0 saturated heterocycles. The predicted octanol–water partition coefficient (Wildman–Crippen LogP) is 1.24. The molecular weight excluding hydrogens is 296 g/mol. The summed E-state index contributed by atoms with van der Waals surface area (Å²) in [5.41, 5.74) is 6.45. The van der Waals surface area contributed by atoms with E-state index in [0.717, 1.165) is 12.0 Å². The molecule has 0 bridgehead atoms. The first-order chi connectivity index (χ1) is 11.0. The number of hydrogen-bond acceptors (Lipinski definition) is 6. The summed E-state index contributed by atoms with van der Waals surface area (Å²) in [6, 6.07) is 8.68. The number of esters is 2. The Kier molecular flexibility index (Phi) is 8.94. The van der Waals surface area contributed by atoms with Crippen LogP contribution in [0.5, 0.6) is 0 Å². The van der Waals surface area contributed by atoms with Gasteiger partial charge in [0.25, 0.3) is 0 Å². The van der Waals surface area contributed by atoms with Crippen molar-refractivity contribution in [3.63, 3.8) is 0 Å². The number of benzene rings is 1. The largest absolute Gasteiger partial charge is 0.464 e. The highest BCUT2D eigenvalue weighted by atomic mass is 16.5. The van der Waals surface area contributed by atoms with Gasteiger partial charge in [0.15, 0.2) is 0 Å². The third kappa shape index (κ3) is 8.32. The zero-order valence-electron chi connectivity index (χ0n) is 13.8. The normalized spacial score (nSPS) is 12.0. The summed E-state index contributed by atoms with van der Waals surface area (Å²) >= 11 is 0. The molecule has 0 saturated carbocycles. The molecule has 6 heteroatoms. The van der Waals surface area contributed by atoms with Crippen molar-refractivity contribution < 1.29 is 19.1 Å². The van der Waals surface area contributed by atoms with Crippen molar-refractivity contribution in [2.75, 3.05) is 19.7 Å². The highest BCUT2D eigenvalue weighted by molar-refractivity contribution is 5.78. The van der Waals surface area contributed by atoms with E-state index in [1.165, 1.54) is 0 Å². The number of nitrogens with two attached hydrogens (primary N) is 1. The molecule has 0 unspecified atom stereocenters. The van der Waals surface area contributed by atoms with Gasteiger partial charge in [0.05, 0.1) is 13.2 Å². The van der Waals surface area contributed by atoms with Gasteiger partial charge in [-0.2, -0.15) is 0 Å². The van der Waals surface area contributed by atoms with Gasteiger partial charge in [0.1, 0.15) is 12.6 Å². The first-order valence-corrected chi connectivity index (χ1v) is 7.82. The molecule has 0 radical (unpaired) electrons. The smallest absolute Gasteiger partial charge is 0.324 e. The van der Waals surface area contributed by atoms with E-state index < -0.39 is 18.0 Å². The van der Waals surface area contributed by atoms with E-state index in [2.05, 4.69) is 19.2 Å². The molecule has 1 atom stereocenters. The summed E-state index contributed by atoms with van der Waals surface area (Å²) in [5, 5.41) is 2.77. The Morgan fingerprint density at radius 3 is 2.48 bits per heavy atom. The van der Waals surface area contributed by atoms with Crippen LogP contribution < -0.4 is 11.1 Å². The lowest BCUT2D eigenvalue weighted by atomic mass is 10.1. The van der Waals surface area contributed by atoms with Gasteiger partial charge in [-0.3, -0.25) is 14.9 Å². The molecule has 0 aliphatic rings. The van der Waals surface area contributed by atoms with Crippen LogP contribution in [0.15, 0.2) is 30.3 Å². The summed E-state index contributed by atoms with van der Waals surface area (Å²) in [6.45, 7) is 4.63. The Morgan fingerprint density at radius 2 is 1.87 bits per heavy atom. The van der Waals surface area contributed by atoms with E-state index in [0.29, 0.717) is 12.5 Å². The Morgan fingerprint density at radius 1 is 1.17 bits per heavy atom. The summed E-state index contributed by atoms with van der Waals surface area (Å²) < 4.78 is 10.3. The van der Waals surface area contributed by atoms with Crippen molar-refractivity contribution in [3.05, 3.63) is 35.9 Å². The fourth-order valence-electron chi connectivity index (χ4n) is 1.75. The van der Waals surface area contributed by atoms with Crippen molar-refractivity contribution in [1.82, 2.24) is 5.32 Å². The molecule has 0 fully saturated rings. The summed E-state index contributed by atoms with van der Waals surface area (Å²) in [4.78, 5) is 23.5. The highest BCUT2D eigenvalue weighted by Crippen LogP contribution is 2.01. The number of carbonyl (C=O) groups is 2. The molecule has 128 valence electrons. The van der Waals surface area contributed by atoms with Gasteiger partial charge in [-0.25, -0.2) is 0 Å². The molecule has 1 aromatic rings. The van der Waals surface area contributed by atoms with Gasteiger partial charge >= 0.3 is 11.9 Å². The number of hydrogen-bond donors (Lipinski definition) is 2. The van der Waals surface area contributed by atoms with E-state index in [-0.39, 0.29) is 19.7 Å². The molecule has 0 aliphatic heterocycles. The van der Waals surface area contributed by atoms with Crippen molar-refractivity contribution >= 4 is 11.9 Å². The van der Waals surface area contributed by atoms with Gasteiger partial charge in [0.2, 0.25) is 0 Å². The van der Waals surface area contributed by atoms with Crippen LogP contribution in [0.4, 0.5) is 0 Å². The van der Waals surface area contributed by atoms with E-state index in [1.807, 2.05) is 30.3 Å². The maximum atomic E-state index is 11.8. The molecule has 23 heavy (non-hydrogen) atoms. The lowest BCUT2D eigenvalue weighted by molar-refractivity contribution is -0.147. The maximum absolute atomic E-state index is 11.8. The van der Waals surface area contributed by atoms with Crippen LogP contribution in [0, 0.1) is 5.92 Å². The molecular formula is C17H26N2O4. The van der Waals surface area contributed by atoms with Crippen molar-refractivity contribution in [2.45, 2.75) is 32.9 Å². The Hall–Kier alpha value is -1.92. The van der Waals surface area contributed by atoms with Crippen LogP contribution in [0.3, 0.4) is 0 Å². The average molecular weight is 322 g/mol.